The van der Waals surface area contributed by atoms with E-state index in [1.165, 1.54) is 15.6 Å². The van der Waals surface area contributed by atoms with Crippen LogP contribution in [0.3, 0.4) is 0 Å². The van der Waals surface area contributed by atoms with Gasteiger partial charge in [0, 0.05) is 11.4 Å². The first kappa shape index (κ1) is 13.5. The van der Waals surface area contributed by atoms with E-state index in [4.69, 9.17) is 0 Å². The molecule has 1 N–H and O–H groups in total. The van der Waals surface area contributed by atoms with Crippen molar-refractivity contribution in [2.24, 2.45) is 0 Å². The SMILES string of the molecule is Cc1cc(C)c(S(=O)(=O)N2CCNc3ccccc32)s1. The number of para-hydroxylation sites is 2. The summed E-state index contributed by atoms with van der Waals surface area (Å²) in [6, 6.07) is 9.44. The van der Waals surface area contributed by atoms with Gasteiger partial charge in [-0.2, -0.15) is 0 Å². The maximum Gasteiger partial charge on any atom is 0.274 e. The maximum atomic E-state index is 12.9. The Bertz CT molecular complexity index is 750. The molecule has 106 valence electrons. The minimum Gasteiger partial charge on any atom is -0.382 e. The second kappa shape index (κ2) is 4.79. The zero-order chi connectivity index (χ0) is 14.3. The summed E-state index contributed by atoms with van der Waals surface area (Å²) in [7, 11) is -3.47. The summed E-state index contributed by atoms with van der Waals surface area (Å²) < 4.78 is 27.7. The predicted octanol–water partition coefficient (Wildman–Crippen LogP) is 2.99. The lowest BCUT2D eigenvalue weighted by Crippen LogP contribution is -2.38. The Labute approximate surface area is 123 Å². The number of hydrogen-bond acceptors (Lipinski definition) is 4. The van der Waals surface area contributed by atoms with E-state index in [1.807, 2.05) is 44.2 Å². The Kier molecular flexibility index (Phi) is 3.22. The van der Waals surface area contributed by atoms with Crippen molar-refractivity contribution >= 4 is 32.7 Å². The highest BCUT2D eigenvalue weighted by Gasteiger charge is 2.31. The Morgan fingerprint density at radius 2 is 2.00 bits per heavy atom. The van der Waals surface area contributed by atoms with Crippen molar-refractivity contribution in [1.29, 1.82) is 0 Å². The van der Waals surface area contributed by atoms with Crippen molar-refractivity contribution in [1.82, 2.24) is 0 Å². The number of nitrogens with one attached hydrogen (secondary N) is 1. The zero-order valence-electron chi connectivity index (χ0n) is 11.4. The molecule has 1 aliphatic rings. The van der Waals surface area contributed by atoms with Gasteiger partial charge in [-0.25, -0.2) is 8.42 Å². The maximum absolute atomic E-state index is 12.9. The van der Waals surface area contributed by atoms with Crippen molar-refractivity contribution in [3.05, 3.63) is 40.8 Å². The predicted molar refractivity (Wildman–Crippen MR) is 83.3 cm³/mol. The standard InChI is InChI=1S/C14H16N2O2S2/c1-10-9-11(2)19-14(10)20(17,18)16-8-7-15-12-5-3-4-6-13(12)16/h3-6,9,15H,7-8H2,1-2H3. The third-order valence-corrected chi connectivity index (χ3v) is 6.90. The van der Waals surface area contributed by atoms with Gasteiger partial charge in [-0.1, -0.05) is 12.1 Å². The molecule has 1 aromatic carbocycles. The van der Waals surface area contributed by atoms with E-state index in [0.717, 1.165) is 21.8 Å². The summed E-state index contributed by atoms with van der Waals surface area (Å²) >= 11 is 1.34. The molecule has 0 amide bonds. The molecule has 0 saturated heterocycles. The molecule has 1 aliphatic heterocycles. The molecule has 0 aliphatic carbocycles. The Morgan fingerprint density at radius 1 is 1.25 bits per heavy atom. The van der Waals surface area contributed by atoms with Crippen LogP contribution in [0, 0.1) is 13.8 Å². The van der Waals surface area contributed by atoms with Gasteiger partial charge in [0.2, 0.25) is 0 Å². The van der Waals surface area contributed by atoms with Gasteiger partial charge in [0.1, 0.15) is 4.21 Å². The second-order valence-electron chi connectivity index (χ2n) is 4.85. The van der Waals surface area contributed by atoms with Gasteiger partial charge < -0.3 is 5.32 Å². The largest absolute Gasteiger partial charge is 0.382 e. The van der Waals surface area contributed by atoms with E-state index in [-0.39, 0.29) is 0 Å². The minimum absolute atomic E-state index is 0.451. The van der Waals surface area contributed by atoms with Crippen molar-refractivity contribution in [3.8, 4) is 0 Å². The number of thiophene rings is 1. The van der Waals surface area contributed by atoms with Crippen molar-refractivity contribution in [2.75, 3.05) is 22.7 Å². The molecule has 0 atom stereocenters. The van der Waals surface area contributed by atoms with Crippen LogP contribution < -0.4 is 9.62 Å². The van der Waals surface area contributed by atoms with Crippen LogP contribution in [0.15, 0.2) is 34.5 Å². The summed E-state index contributed by atoms with van der Waals surface area (Å²) in [5.41, 5.74) is 2.42. The molecule has 2 heterocycles. The second-order valence-corrected chi connectivity index (χ2v) is 8.16. The smallest absolute Gasteiger partial charge is 0.274 e. The lowest BCUT2D eigenvalue weighted by Gasteiger charge is -2.30. The molecule has 0 bridgehead atoms. The van der Waals surface area contributed by atoms with Gasteiger partial charge in [0.15, 0.2) is 0 Å². The van der Waals surface area contributed by atoms with E-state index in [9.17, 15) is 8.42 Å². The molecule has 20 heavy (non-hydrogen) atoms. The molecular weight excluding hydrogens is 292 g/mol. The highest BCUT2D eigenvalue weighted by atomic mass is 32.2. The van der Waals surface area contributed by atoms with Gasteiger partial charge in [-0.3, -0.25) is 4.31 Å². The van der Waals surface area contributed by atoms with Gasteiger partial charge in [0.05, 0.1) is 17.9 Å². The minimum atomic E-state index is -3.47. The molecule has 0 radical (unpaired) electrons. The molecule has 0 saturated carbocycles. The van der Waals surface area contributed by atoms with Crippen molar-refractivity contribution in [2.45, 2.75) is 18.1 Å². The summed E-state index contributed by atoms with van der Waals surface area (Å²) in [6.07, 6.45) is 0. The summed E-state index contributed by atoms with van der Waals surface area (Å²) in [6.45, 7) is 4.86. The quantitative estimate of drug-likeness (QED) is 0.928. The molecule has 1 aromatic heterocycles. The number of aryl methyl sites for hydroxylation is 2. The van der Waals surface area contributed by atoms with Gasteiger partial charge in [-0.15, -0.1) is 11.3 Å². The molecule has 3 rings (SSSR count). The van der Waals surface area contributed by atoms with Gasteiger partial charge in [-0.05, 0) is 37.6 Å². The summed E-state index contributed by atoms with van der Waals surface area (Å²) in [5, 5.41) is 3.23. The summed E-state index contributed by atoms with van der Waals surface area (Å²) in [5.74, 6) is 0. The van der Waals surface area contributed by atoms with Crippen LogP contribution in [0.4, 0.5) is 11.4 Å². The van der Waals surface area contributed by atoms with Crippen LogP contribution in [0.25, 0.3) is 0 Å². The molecular formula is C14H16N2O2S2. The highest BCUT2D eigenvalue weighted by molar-refractivity contribution is 7.94. The van der Waals surface area contributed by atoms with Crippen LogP contribution in [0.5, 0.6) is 0 Å². The number of rotatable bonds is 2. The van der Waals surface area contributed by atoms with Crippen molar-refractivity contribution in [3.63, 3.8) is 0 Å². The van der Waals surface area contributed by atoms with Crippen molar-refractivity contribution < 1.29 is 8.42 Å². The van der Waals surface area contributed by atoms with E-state index in [0.29, 0.717) is 17.3 Å². The van der Waals surface area contributed by atoms with Gasteiger partial charge >= 0.3 is 0 Å². The van der Waals surface area contributed by atoms with E-state index < -0.39 is 10.0 Å². The van der Waals surface area contributed by atoms with Crippen LogP contribution in [0.1, 0.15) is 10.4 Å². The van der Waals surface area contributed by atoms with Crippen LogP contribution in [-0.4, -0.2) is 21.5 Å². The third kappa shape index (κ3) is 2.09. The Balaban J connectivity index is 2.12. The lowest BCUT2D eigenvalue weighted by atomic mass is 10.2. The Morgan fingerprint density at radius 3 is 2.70 bits per heavy atom. The lowest BCUT2D eigenvalue weighted by molar-refractivity contribution is 0.592. The van der Waals surface area contributed by atoms with E-state index in [2.05, 4.69) is 5.32 Å². The molecule has 2 aromatic rings. The number of nitrogens with zero attached hydrogens (tertiary/aromatic N) is 1. The number of sulfonamides is 1. The van der Waals surface area contributed by atoms with E-state index >= 15 is 0 Å². The third-order valence-electron chi connectivity index (χ3n) is 3.32. The Hall–Kier alpha value is -1.53. The highest BCUT2D eigenvalue weighted by Crippen LogP contribution is 2.36. The first-order chi connectivity index (χ1) is 9.50. The number of benzene rings is 1. The molecule has 0 spiro atoms. The van der Waals surface area contributed by atoms with Gasteiger partial charge in [0.25, 0.3) is 10.0 Å². The average molecular weight is 308 g/mol. The normalized spacial score (nSPS) is 14.8. The topological polar surface area (TPSA) is 49.4 Å². The molecule has 0 fully saturated rings. The molecule has 6 heteroatoms. The zero-order valence-corrected chi connectivity index (χ0v) is 13.0. The monoisotopic (exact) mass is 308 g/mol. The first-order valence-electron chi connectivity index (χ1n) is 6.43. The van der Waals surface area contributed by atoms with Crippen LogP contribution in [-0.2, 0) is 10.0 Å². The number of hydrogen-bond donors (Lipinski definition) is 1. The summed E-state index contributed by atoms with van der Waals surface area (Å²) in [4.78, 5) is 1.02. The molecule has 0 unspecified atom stereocenters. The van der Waals surface area contributed by atoms with Crippen LogP contribution in [0.2, 0.25) is 0 Å². The fourth-order valence-electron chi connectivity index (χ4n) is 2.48. The number of anilines is 2. The molecule has 4 nitrogen and oxygen atoms in total. The fourth-order valence-corrected chi connectivity index (χ4v) is 5.73. The average Bonchev–Trinajstić information content (AvgIpc) is 2.78. The van der Waals surface area contributed by atoms with Crippen LogP contribution >= 0.6 is 11.3 Å². The number of fused-ring (bicyclic) bond motifs is 1. The van der Waals surface area contributed by atoms with E-state index in [1.54, 1.807) is 0 Å². The fraction of sp³-hybridized carbons (Fsp3) is 0.286. The first-order valence-corrected chi connectivity index (χ1v) is 8.68.